The number of thioether (sulfide) groups is 1. The van der Waals surface area contributed by atoms with Crippen LogP contribution in [-0.4, -0.2) is 34.2 Å². The zero-order chi connectivity index (χ0) is 20.1. The van der Waals surface area contributed by atoms with Crippen LogP contribution in [0.2, 0.25) is 0 Å². The van der Waals surface area contributed by atoms with Gasteiger partial charge in [-0.2, -0.15) is 0 Å². The smallest absolute Gasteiger partial charge is 0.338 e. The van der Waals surface area contributed by atoms with Crippen molar-refractivity contribution >= 4 is 46.3 Å². The third kappa shape index (κ3) is 4.54. The summed E-state index contributed by atoms with van der Waals surface area (Å²) in [5.74, 6) is 0.817. The van der Waals surface area contributed by atoms with E-state index in [1.807, 2.05) is 32.0 Å². The molecular weight excluding hydrogens is 394 g/mol. The number of esters is 1. The van der Waals surface area contributed by atoms with Crippen LogP contribution in [0.15, 0.2) is 45.7 Å². The molecule has 2 heterocycles. The molecule has 0 spiro atoms. The Balaban J connectivity index is 1.70. The number of rotatable bonds is 7. The zero-order valence-electron chi connectivity index (χ0n) is 15.8. The maximum absolute atomic E-state index is 12.3. The molecule has 5 nitrogen and oxygen atoms in total. The summed E-state index contributed by atoms with van der Waals surface area (Å²) in [4.78, 5) is 26.4. The minimum absolute atomic E-state index is 0.0959. The van der Waals surface area contributed by atoms with Crippen LogP contribution >= 0.6 is 24.0 Å². The van der Waals surface area contributed by atoms with Gasteiger partial charge in [-0.15, -0.1) is 0 Å². The van der Waals surface area contributed by atoms with Crippen LogP contribution in [0.4, 0.5) is 0 Å². The number of nitrogens with zero attached hydrogens (tertiary/aromatic N) is 1. The third-order valence-corrected chi connectivity index (χ3v) is 5.60. The first kappa shape index (κ1) is 20.4. The van der Waals surface area contributed by atoms with Crippen LogP contribution < -0.4 is 0 Å². The molecule has 1 amide bonds. The highest BCUT2D eigenvalue weighted by Crippen LogP contribution is 2.33. The number of unbranched alkanes of at least 4 members (excludes halogenated alkanes) is 1. The number of benzene rings is 1. The van der Waals surface area contributed by atoms with Crippen LogP contribution in [0, 0.1) is 0 Å². The molecule has 0 saturated carbocycles. The van der Waals surface area contributed by atoms with E-state index < -0.39 is 0 Å². The average Bonchev–Trinajstić information content (AvgIpc) is 3.26. The molecule has 1 aromatic heterocycles. The summed E-state index contributed by atoms with van der Waals surface area (Å²) in [5.41, 5.74) is 1.35. The van der Waals surface area contributed by atoms with Gasteiger partial charge in [-0.1, -0.05) is 49.5 Å². The van der Waals surface area contributed by atoms with Crippen molar-refractivity contribution in [2.75, 3.05) is 13.2 Å². The van der Waals surface area contributed by atoms with Gasteiger partial charge in [-0.25, -0.2) is 4.79 Å². The molecule has 0 bridgehead atoms. The molecule has 0 radical (unpaired) electrons. The number of hydrogen-bond acceptors (Lipinski definition) is 6. The molecule has 7 heteroatoms. The minimum atomic E-state index is -0.321. The van der Waals surface area contributed by atoms with Crippen molar-refractivity contribution in [3.63, 3.8) is 0 Å². The molecule has 28 heavy (non-hydrogen) atoms. The van der Waals surface area contributed by atoms with E-state index in [4.69, 9.17) is 21.4 Å². The Kier molecular flexibility index (Phi) is 6.70. The Morgan fingerprint density at radius 3 is 2.61 bits per heavy atom. The zero-order valence-corrected chi connectivity index (χ0v) is 17.4. The van der Waals surface area contributed by atoms with Gasteiger partial charge in [0.15, 0.2) is 0 Å². The molecule has 0 aliphatic carbocycles. The van der Waals surface area contributed by atoms with Crippen molar-refractivity contribution in [2.24, 2.45) is 0 Å². The van der Waals surface area contributed by atoms with Crippen molar-refractivity contribution in [1.29, 1.82) is 0 Å². The summed E-state index contributed by atoms with van der Waals surface area (Å²) < 4.78 is 11.6. The van der Waals surface area contributed by atoms with Crippen LogP contribution in [-0.2, 0) is 9.53 Å². The molecule has 1 saturated heterocycles. The molecular formula is C21H21NO4S2. The van der Waals surface area contributed by atoms with Gasteiger partial charge < -0.3 is 9.15 Å². The van der Waals surface area contributed by atoms with E-state index >= 15 is 0 Å². The van der Waals surface area contributed by atoms with Crippen molar-refractivity contribution in [2.45, 2.75) is 26.7 Å². The second-order valence-corrected chi connectivity index (χ2v) is 7.87. The van der Waals surface area contributed by atoms with Gasteiger partial charge in [-0.05, 0) is 37.6 Å². The van der Waals surface area contributed by atoms with Crippen LogP contribution in [0.1, 0.15) is 42.8 Å². The Hall–Kier alpha value is -2.38. The first-order valence-electron chi connectivity index (χ1n) is 9.16. The number of carbonyl (C=O) groups is 2. The summed E-state index contributed by atoms with van der Waals surface area (Å²) in [5, 5.41) is 0. The lowest BCUT2D eigenvalue weighted by Crippen LogP contribution is -2.27. The second kappa shape index (κ2) is 9.21. The summed E-state index contributed by atoms with van der Waals surface area (Å²) in [6.07, 6.45) is 3.55. The Morgan fingerprint density at radius 1 is 1.21 bits per heavy atom. The average molecular weight is 416 g/mol. The first-order chi connectivity index (χ1) is 13.5. The molecule has 0 N–H and O–H groups in total. The van der Waals surface area contributed by atoms with Crippen LogP contribution in [0.25, 0.3) is 17.4 Å². The normalized spacial score (nSPS) is 15.5. The van der Waals surface area contributed by atoms with Gasteiger partial charge in [-0.3, -0.25) is 9.69 Å². The standard InChI is InChI=1S/C21H21NO4S2/c1-3-5-12-25-20(24)15-8-6-14(7-9-15)17-11-10-16(26-17)13-18-19(23)22(4-2)21(27)28-18/h6-11,13H,3-5,12H2,1-2H3. The van der Waals surface area contributed by atoms with E-state index in [-0.39, 0.29) is 11.9 Å². The lowest BCUT2D eigenvalue weighted by Gasteiger charge is -2.09. The molecule has 0 atom stereocenters. The predicted octanol–water partition coefficient (Wildman–Crippen LogP) is 5.12. The maximum atomic E-state index is 12.3. The molecule has 1 aromatic carbocycles. The first-order valence-corrected chi connectivity index (χ1v) is 10.4. The number of hydrogen-bond donors (Lipinski definition) is 0. The van der Waals surface area contributed by atoms with Crippen molar-refractivity contribution < 1.29 is 18.7 Å². The molecule has 3 rings (SSSR count). The highest BCUT2D eigenvalue weighted by molar-refractivity contribution is 8.26. The molecule has 146 valence electrons. The van der Waals surface area contributed by atoms with Gasteiger partial charge in [0.05, 0.1) is 17.1 Å². The lowest BCUT2D eigenvalue weighted by atomic mass is 10.1. The van der Waals surface area contributed by atoms with Gasteiger partial charge in [0, 0.05) is 18.2 Å². The minimum Gasteiger partial charge on any atom is -0.462 e. The quantitative estimate of drug-likeness (QED) is 0.271. The number of ether oxygens (including phenoxy) is 1. The van der Waals surface area contributed by atoms with Crippen LogP contribution in [0.5, 0.6) is 0 Å². The van der Waals surface area contributed by atoms with E-state index in [9.17, 15) is 9.59 Å². The SMILES string of the molecule is CCCCOC(=O)c1ccc(-c2ccc(C=C3SC(=S)N(CC)C3=O)o2)cc1. The Bertz CT molecular complexity index is 915. The number of likely N-dealkylation sites (N-methyl/N-ethyl adjacent to an activating group) is 1. The van der Waals surface area contributed by atoms with E-state index in [1.165, 1.54) is 11.8 Å². The molecule has 1 fully saturated rings. The van der Waals surface area contributed by atoms with Crippen molar-refractivity contribution in [1.82, 2.24) is 4.90 Å². The van der Waals surface area contributed by atoms with Crippen molar-refractivity contribution in [3.05, 3.63) is 52.6 Å². The molecule has 1 aliphatic rings. The number of carbonyl (C=O) groups excluding carboxylic acids is 2. The predicted molar refractivity (Wildman–Crippen MR) is 115 cm³/mol. The van der Waals surface area contributed by atoms with E-state index in [2.05, 4.69) is 0 Å². The van der Waals surface area contributed by atoms with Crippen LogP contribution in [0.3, 0.4) is 0 Å². The molecule has 2 aromatic rings. The summed E-state index contributed by atoms with van der Waals surface area (Å²) in [6, 6.07) is 10.7. The van der Waals surface area contributed by atoms with Crippen molar-refractivity contribution in [3.8, 4) is 11.3 Å². The largest absolute Gasteiger partial charge is 0.462 e. The highest BCUT2D eigenvalue weighted by atomic mass is 32.2. The monoisotopic (exact) mass is 415 g/mol. The fourth-order valence-corrected chi connectivity index (χ4v) is 4.01. The Labute approximate surface area is 173 Å². The third-order valence-electron chi connectivity index (χ3n) is 4.23. The van der Waals surface area contributed by atoms with E-state index in [0.29, 0.717) is 39.5 Å². The summed E-state index contributed by atoms with van der Waals surface area (Å²) >= 11 is 6.49. The summed E-state index contributed by atoms with van der Waals surface area (Å²) in [7, 11) is 0. The maximum Gasteiger partial charge on any atom is 0.338 e. The topological polar surface area (TPSA) is 59.8 Å². The van der Waals surface area contributed by atoms with Gasteiger partial charge >= 0.3 is 5.97 Å². The fraction of sp³-hybridized carbons (Fsp3) is 0.286. The lowest BCUT2D eigenvalue weighted by molar-refractivity contribution is -0.122. The van der Waals surface area contributed by atoms with Gasteiger partial charge in [0.25, 0.3) is 5.91 Å². The van der Waals surface area contributed by atoms with Gasteiger partial charge in [0.1, 0.15) is 15.8 Å². The summed E-state index contributed by atoms with van der Waals surface area (Å²) in [6.45, 7) is 4.93. The number of furan rings is 1. The molecule has 0 unspecified atom stereocenters. The van der Waals surface area contributed by atoms with E-state index in [1.54, 1.807) is 29.2 Å². The number of thiocarbonyl (C=S) groups is 1. The Morgan fingerprint density at radius 2 is 1.96 bits per heavy atom. The van der Waals surface area contributed by atoms with Gasteiger partial charge in [0.2, 0.25) is 0 Å². The number of amides is 1. The highest BCUT2D eigenvalue weighted by Gasteiger charge is 2.30. The molecule has 1 aliphatic heterocycles. The second-order valence-electron chi connectivity index (χ2n) is 6.19. The van der Waals surface area contributed by atoms with E-state index in [0.717, 1.165) is 18.4 Å². The fourth-order valence-electron chi connectivity index (χ4n) is 2.65.